The number of aldehydes is 1. The lowest BCUT2D eigenvalue weighted by Crippen LogP contribution is -1.86. The van der Waals surface area contributed by atoms with E-state index in [1.54, 1.807) is 0 Å². The minimum Gasteiger partial charge on any atom is -0.303 e. The van der Waals surface area contributed by atoms with Gasteiger partial charge in [-0.15, -0.1) is 0 Å². The van der Waals surface area contributed by atoms with E-state index in [0.717, 1.165) is 30.5 Å². The van der Waals surface area contributed by atoms with Crippen molar-refractivity contribution in [2.75, 3.05) is 0 Å². The Labute approximate surface area is 68.2 Å². The molecule has 0 N–H and O–H groups in total. The Balaban J connectivity index is 1.86. The molecule has 2 rings (SSSR count). The number of carbonyl (C=O) groups is 1. The molecular weight excluding hydrogens is 136 g/mol. The summed E-state index contributed by atoms with van der Waals surface area (Å²) in [5.74, 6) is 2.69. The molecule has 2 fully saturated rings. The Morgan fingerprint density at radius 1 is 1.09 bits per heavy atom. The van der Waals surface area contributed by atoms with Crippen molar-refractivity contribution in [3.63, 3.8) is 0 Å². The van der Waals surface area contributed by atoms with Crippen LogP contribution in [0.15, 0.2) is 0 Å². The first-order valence-corrected chi connectivity index (χ1v) is 4.87. The number of rotatable bonds is 2. The van der Waals surface area contributed by atoms with Gasteiger partial charge in [0.1, 0.15) is 6.29 Å². The third kappa shape index (κ3) is 1.33. The van der Waals surface area contributed by atoms with Gasteiger partial charge < -0.3 is 4.79 Å². The van der Waals surface area contributed by atoms with Gasteiger partial charge in [0.15, 0.2) is 0 Å². The molecule has 2 aliphatic rings. The van der Waals surface area contributed by atoms with Crippen LogP contribution in [0.2, 0.25) is 0 Å². The third-order valence-corrected chi connectivity index (χ3v) is 3.45. The second kappa shape index (κ2) is 2.96. The van der Waals surface area contributed by atoms with E-state index in [0.29, 0.717) is 0 Å². The van der Waals surface area contributed by atoms with Crippen molar-refractivity contribution < 1.29 is 4.79 Å². The number of hydrogen-bond acceptors (Lipinski definition) is 1. The van der Waals surface area contributed by atoms with Crippen molar-refractivity contribution in [3.8, 4) is 0 Å². The Morgan fingerprint density at radius 3 is 2.27 bits per heavy atom. The van der Waals surface area contributed by atoms with Crippen LogP contribution >= 0.6 is 0 Å². The average molecular weight is 152 g/mol. The molecule has 11 heavy (non-hydrogen) atoms. The van der Waals surface area contributed by atoms with E-state index < -0.39 is 0 Å². The van der Waals surface area contributed by atoms with Crippen molar-refractivity contribution in [3.05, 3.63) is 0 Å². The Kier molecular flexibility index (Phi) is 1.97. The molecule has 0 aromatic carbocycles. The van der Waals surface area contributed by atoms with E-state index in [-0.39, 0.29) is 0 Å². The van der Waals surface area contributed by atoms with Gasteiger partial charge in [0.25, 0.3) is 0 Å². The Bertz CT molecular complexity index is 141. The van der Waals surface area contributed by atoms with Gasteiger partial charge in [0.2, 0.25) is 0 Å². The predicted octanol–water partition coefficient (Wildman–Crippen LogP) is 2.40. The molecule has 0 bridgehead atoms. The molecule has 1 nitrogen and oxygen atoms in total. The molecule has 0 radical (unpaired) electrons. The van der Waals surface area contributed by atoms with E-state index >= 15 is 0 Å². The highest BCUT2D eigenvalue weighted by molar-refractivity contribution is 5.50. The second-order valence-electron chi connectivity index (χ2n) is 4.03. The molecule has 1 heteroatoms. The highest BCUT2D eigenvalue weighted by Gasteiger charge is 2.48. The van der Waals surface area contributed by atoms with Crippen LogP contribution in [-0.4, -0.2) is 6.29 Å². The van der Waals surface area contributed by atoms with Crippen LogP contribution in [-0.2, 0) is 4.79 Å². The van der Waals surface area contributed by atoms with E-state index in [4.69, 9.17) is 0 Å². The minimum absolute atomic E-state index is 0.799. The zero-order valence-corrected chi connectivity index (χ0v) is 6.96. The van der Waals surface area contributed by atoms with Crippen LogP contribution in [0.1, 0.15) is 38.5 Å². The first kappa shape index (κ1) is 7.33. The molecule has 0 aromatic rings. The summed E-state index contributed by atoms with van der Waals surface area (Å²) >= 11 is 0. The lowest BCUT2D eigenvalue weighted by atomic mass is 10.1. The molecule has 0 aromatic heterocycles. The fourth-order valence-electron chi connectivity index (χ4n) is 2.78. The predicted molar refractivity (Wildman–Crippen MR) is 44.2 cm³/mol. The summed E-state index contributed by atoms with van der Waals surface area (Å²) in [4.78, 5) is 10.3. The summed E-state index contributed by atoms with van der Waals surface area (Å²) in [6.45, 7) is 0. The van der Waals surface area contributed by atoms with Crippen molar-refractivity contribution in [1.29, 1.82) is 0 Å². The van der Waals surface area contributed by atoms with Gasteiger partial charge in [-0.2, -0.15) is 0 Å². The normalized spacial score (nSPS) is 42.4. The van der Waals surface area contributed by atoms with Gasteiger partial charge in [-0.1, -0.05) is 19.3 Å². The van der Waals surface area contributed by atoms with Crippen LogP contribution in [0, 0.1) is 17.8 Å². The maximum absolute atomic E-state index is 10.3. The topological polar surface area (TPSA) is 17.1 Å². The first-order valence-electron chi connectivity index (χ1n) is 4.87. The van der Waals surface area contributed by atoms with Gasteiger partial charge in [-0.3, -0.25) is 0 Å². The van der Waals surface area contributed by atoms with Crippen molar-refractivity contribution >= 4 is 6.29 Å². The molecule has 0 amide bonds. The standard InChI is InChI=1S/C10H16O/c11-7-6-10-8-4-2-1-3-5-9(8)10/h7-10H,1-6H2/t8-,9+,10?. The zero-order valence-electron chi connectivity index (χ0n) is 6.96. The zero-order chi connectivity index (χ0) is 7.68. The van der Waals surface area contributed by atoms with E-state index in [2.05, 4.69) is 0 Å². The van der Waals surface area contributed by atoms with Crippen LogP contribution in [0.5, 0.6) is 0 Å². The van der Waals surface area contributed by atoms with E-state index in [1.165, 1.54) is 32.1 Å². The van der Waals surface area contributed by atoms with Crippen LogP contribution in [0.3, 0.4) is 0 Å². The van der Waals surface area contributed by atoms with Gasteiger partial charge >= 0.3 is 0 Å². The summed E-state index contributed by atoms with van der Waals surface area (Å²) in [6.07, 6.45) is 9.02. The van der Waals surface area contributed by atoms with E-state index in [9.17, 15) is 4.79 Å². The molecule has 2 aliphatic carbocycles. The molecule has 0 aliphatic heterocycles. The quantitative estimate of drug-likeness (QED) is 0.555. The summed E-state index contributed by atoms with van der Waals surface area (Å²) < 4.78 is 0. The molecule has 62 valence electrons. The Morgan fingerprint density at radius 2 is 1.73 bits per heavy atom. The van der Waals surface area contributed by atoms with Crippen molar-refractivity contribution in [1.82, 2.24) is 0 Å². The lowest BCUT2D eigenvalue weighted by molar-refractivity contribution is -0.108. The van der Waals surface area contributed by atoms with Crippen molar-refractivity contribution in [2.24, 2.45) is 17.8 Å². The average Bonchev–Trinajstić information content (AvgIpc) is 2.68. The summed E-state index contributed by atoms with van der Waals surface area (Å²) in [5.41, 5.74) is 0. The van der Waals surface area contributed by atoms with Crippen LogP contribution in [0.4, 0.5) is 0 Å². The first-order chi connectivity index (χ1) is 5.43. The van der Waals surface area contributed by atoms with Gasteiger partial charge in [-0.05, 0) is 30.6 Å². The number of hydrogen-bond donors (Lipinski definition) is 0. The SMILES string of the molecule is O=CCC1[C@H]2CCCCC[C@@H]12. The summed E-state index contributed by atoms with van der Waals surface area (Å²) in [7, 11) is 0. The number of fused-ring (bicyclic) bond motifs is 1. The summed E-state index contributed by atoms with van der Waals surface area (Å²) in [6, 6.07) is 0. The molecule has 0 spiro atoms. The van der Waals surface area contributed by atoms with Gasteiger partial charge in [-0.25, -0.2) is 0 Å². The summed E-state index contributed by atoms with van der Waals surface area (Å²) in [5, 5.41) is 0. The van der Waals surface area contributed by atoms with Gasteiger partial charge in [0, 0.05) is 6.42 Å². The smallest absolute Gasteiger partial charge is 0.120 e. The fraction of sp³-hybridized carbons (Fsp3) is 0.900. The molecule has 2 saturated carbocycles. The maximum atomic E-state index is 10.3. The molecule has 3 atom stereocenters. The van der Waals surface area contributed by atoms with Crippen LogP contribution < -0.4 is 0 Å². The third-order valence-electron chi connectivity index (χ3n) is 3.45. The molecule has 1 unspecified atom stereocenters. The largest absolute Gasteiger partial charge is 0.303 e. The second-order valence-corrected chi connectivity index (χ2v) is 4.03. The Hall–Kier alpha value is -0.330. The fourth-order valence-corrected chi connectivity index (χ4v) is 2.78. The van der Waals surface area contributed by atoms with E-state index in [1.807, 2.05) is 0 Å². The lowest BCUT2D eigenvalue weighted by Gasteiger charge is -1.97. The highest BCUT2D eigenvalue weighted by atomic mass is 16.1. The highest BCUT2D eigenvalue weighted by Crippen LogP contribution is 2.55. The monoisotopic (exact) mass is 152 g/mol. The van der Waals surface area contributed by atoms with Gasteiger partial charge in [0.05, 0.1) is 0 Å². The molecule has 0 heterocycles. The minimum atomic E-state index is 0.799. The molecule has 0 saturated heterocycles. The van der Waals surface area contributed by atoms with Crippen molar-refractivity contribution in [2.45, 2.75) is 38.5 Å². The van der Waals surface area contributed by atoms with Crippen LogP contribution in [0.25, 0.3) is 0 Å². The number of carbonyl (C=O) groups excluding carboxylic acids is 1. The molecular formula is C10H16O. The maximum Gasteiger partial charge on any atom is 0.120 e.